The van der Waals surface area contributed by atoms with Gasteiger partial charge in [0.1, 0.15) is 6.54 Å². The summed E-state index contributed by atoms with van der Waals surface area (Å²) in [4.78, 5) is 26.2. The maximum Gasteiger partial charge on any atom is 0.335 e. The van der Waals surface area contributed by atoms with Gasteiger partial charge in [-0.2, -0.15) is 4.58 Å². The number of carbonyl (C=O) groups is 2. The first kappa shape index (κ1) is 33.9. The summed E-state index contributed by atoms with van der Waals surface area (Å²) in [5, 5.41) is 26.2. The lowest BCUT2D eigenvalue weighted by Gasteiger charge is -2.33. The molecule has 0 radical (unpaired) electrons. The van der Waals surface area contributed by atoms with Crippen LogP contribution < -0.4 is 5.35 Å². The summed E-state index contributed by atoms with van der Waals surface area (Å²) in [7, 11) is 0. The SMILES string of the molecule is CCCCCCn1/c(=C\C2C(=O)/C(=C/C3=[N+](CC)c4ccc(C(=O)O)cc4C3(CCCC)CCCC)C2O)c2cccc3cccc1c32. The second-order valence-corrected chi connectivity index (χ2v) is 13.8. The van der Waals surface area contributed by atoms with E-state index in [1.54, 1.807) is 6.07 Å². The number of carbonyl (C=O) groups excluding carboxylic acids is 1. The second kappa shape index (κ2) is 14.2. The Morgan fingerprint density at radius 2 is 1.62 bits per heavy atom. The third kappa shape index (κ3) is 5.72. The van der Waals surface area contributed by atoms with Crippen LogP contribution in [0.2, 0.25) is 0 Å². The van der Waals surface area contributed by atoms with Crippen LogP contribution in [0, 0.1) is 5.92 Å². The Hall–Kier alpha value is -4.03. The van der Waals surface area contributed by atoms with Crippen molar-refractivity contribution in [3.8, 4) is 0 Å². The predicted molar refractivity (Wildman–Crippen MR) is 195 cm³/mol. The predicted octanol–water partition coefficient (Wildman–Crippen LogP) is 8.50. The molecule has 0 bridgehead atoms. The van der Waals surface area contributed by atoms with Crippen molar-refractivity contribution in [2.75, 3.05) is 6.54 Å². The molecular formula is C42H51N2O4+. The van der Waals surface area contributed by atoms with Crippen molar-refractivity contribution < 1.29 is 24.4 Å². The molecule has 6 rings (SSSR count). The van der Waals surface area contributed by atoms with Gasteiger partial charge >= 0.3 is 5.97 Å². The fourth-order valence-electron chi connectivity index (χ4n) is 8.35. The quantitative estimate of drug-likeness (QED) is 0.0770. The van der Waals surface area contributed by atoms with E-state index in [2.05, 4.69) is 73.2 Å². The highest BCUT2D eigenvalue weighted by molar-refractivity contribution is 6.16. The molecule has 6 nitrogen and oxygen atoms in total. The van der Waals surface area contributed by atoms with Crippen molar-refractivity contribution in [3.63, 3.8) is 0 Å². The molecule has 2 heterocycles. The molecule has 0 amide bonds. The van der Waals surface area contributed by atoms with Crippen molar-refractivity contribution in [2.24, 2.45) is 5.92 Å². The number of unbranched alkanes of at least 4 members (excludes halogenated alkanes) is 5. The summed E-state index contributed by atoms with van der Waals surface area (Å²) < 4.78 is 4.61. The lowest BCUT2D eigenvalue weighted by atomic mass is 9.67. The van der Waals surface area contributed by atoms with Gasteiger partial charge in [0.05, 0.1) is 23.0 Å². The molecule has 2 atom stereocenters. The van der Waals surface area contributed by atoms with Gasteiger partial charge in [-0.1, -0.05) is 96.0 Å². The molecule has 2 aliphatic rings. The van der Waals surface area contributed by atoms with Gasteiger partial charge in [0.15, 0.2) is 11.5 Å². The number of hydrogen-bond donors (Lipinski definition) is 2. The van der Waals surface area contributed by atoms with Gasteiger partial charge in [0, 0.05) is 51.5 Å². The van der Waals surface area contributed by atoms with E-state index in [1.807, 2.05) is 24.3 Å². The lowest BCUT2D eigenvalue weighted by Crippen LogP contribution is -2.46. The molecule has 0 saturated heterocycles. The standard InChI is InChI=1S/C42H50N2O4/c1-5-9-12-13-24-44-35-19-15-17-28-16-14-18-30(38(28)35)36(44)26-31-39(45)32(40(31)46)27-37-42(22-10-6-2,23-11-7-3)33-25-29(41(47)48)20-21-34(33)43(37)8-4/h14-21,25-27,31,39,45H,5-13,22-24H2,1-4H3/p+1/b32-27+,36-26-. The van der Waals surface area contributed by atoms with Crippen LogP contribution in [0.5, 0.6) is 0 Å². The van der Waals surface area contributed by atoms with Crippen molar-refractivity contribution in [3.05, 3.63) is 82.7 Å². The normalized spacial score (nSPS) is 20.0. The molecule has 48 heavy (non-hydrogen) atoms. The third-order valence-corrected chi connectivity index (χ3v) is 10.9. The molecule has 252 valence electrons. The monoisotopic (exact) mass is 647 g/mol. The van der Waals surface area contributed by atoms with Crippen LogP contribution in [0.25, 0.3) is 27.8 Å². The third-order valence-electron chi connectivity index (χ3n) is 10.9. The number of aromatic nitrogens is 1. The number of rotatable bonds is 15. The molecule has 1 fully saturated rings. The van der Waals surface area contributed by atoms with E-state index in [4.69, 9.17) is 0 Å². The minimum Gasteiger partial charge on any atom is -0.478 e. The number of aliphatic hydroxyl groups excluding tert-OH is 1. The number of ketones is 1. The van der Waals surface area contributed by atoms with Crippen LogP contribution in [-0.4, -0.2) is 49.5 Å². The zero-order chi connectivity index (χ0) is 34.0. The molecule has 3 aromatic carbocycles. The van der Waals surface area contributed by atoms with Crippen molar-refractivity contribution in [1.29, 1.82) is 0 Å². The highest BCUT2D eigenvalue weighted by Gasteiger charge is 2.52. The number of fused-ring (bicyclic) bond motifs is 1. The Labute approximate surface area is 284 Å². The molecule has 2 unspecified atom stereocenters. The van der Waals surface area contributed by atoms with Gasteiger partial charge < -0.3 is 14.8 Å². The summed E-state index contributed by atoms with van der Waals surface area (Å²) in [5.41, 5.74) is 4.57. The van der Waals surface area contributed by atoms with Crippen LogP contribution in [-0.2, 0) is 16.8 Å². The number of benzene rings is 3. The average molecular weight is 648 g/mol. The van der Waals surface area contributed by atoms with Crippen LogP contribution in [0.1, 0.15) is 108 Å². The van der Waals surface area contributed by atoms with E-state index in [-0.39, 0.29) is 11.3 Å². The summed E-state index contributed by atoms with van der Waals surface area (Å²) in [6, 6.07) is 18.3. The number of carboxylic acid groups (broad SMARTS) is 1. The van der Waals surface area contributed by atoms with Gasteiger partial charge in [0.2, 0.25) is 5.69 Å². The van der Waals surface area contributed by atoms with Gasteiger partial charge in [-0.3, -0.25) is 4.79 Å². The number of hydrogen-bond acceptors (Lipinski definition) is 3. The first-order valence-corrected chi connectivity index (χ1v) is 18.3. The molecule has 0 spiro atoms. The van der Waals surface area contributed by atoms with E-state index in [0.29, 0.717) is 12.1 Å². The van der Waals surface area contributed by atoms with Crippen LogP contribution in [0.3, 0.4) is 0 Å². The maximum absolute atomic E-state index is 14.1. The fourth-order valence-corrected chi connectivity index (χ4v) is 8.35. The van der Waals surface area contributed by atoms with Gasteiger partial charge in [-0.05, 0) is 55.8 Å². The van der Waals surface area contributed by atoms with Gasteiger partial charge in [-0.25, -0.2) is 4.79 Å². The molecule has 1 aromatic heterocycles. The summed E-state index contributed by atoms with van der Waals surface area (Å²) in [6.45, 7) is 10.2. The summed E-state index contributed by atoms with van der Waals surface area (Å²) in [6.07, 6.45) is 13.4. The number of Topliss-reactive ketones (excluding diaryl/α,β-unsaturated/α-hetero) is 1. The average Bonchev–Trinajstić information content (AvgIpc) is 3.55. The van der Waals surface area contributed by atoms with E-state index in [1.165, 1.54) is 29.1 Å². The van der Waals surface area contributed by atoms with Gasteiger partial charge in [-0.15, -0.1) is 0 Å². The van der Waals surface area contributed by atoms with Crippen LogP contribution >= 0.6 is 0 Å². The number of aryl methyl sites for hydroxylation is 1. The van der Waals surface area contributed by atoms with Crippen molar-refractivity contribution in [2.45, 2.75) is 110 Å². The molecule has 1 aliphatic heterocycles. The Morgan fingerprint density at radius 1 is 0.917 bits per heavy atom. The molecule has 1 saturated carbocycles. The molecule has 6 heteroatoms. The zero-order valence-electron chi connectivity index (χ0n) is 29.1. The van der Waals surface area contributed by atoms with E-state index in [9.17, 15) is 19.8 Å². The topological polar surface area (TPSA) is 82.5 Å². The first-order valence-electron chi connectivity index (χ1n) is 18.3. The second-order valence-electron chi connectivity index (χ2n) is 13.8. The smallest absolute Gasteiger partial charge is 0.335 e. The van der Waals surface area contributed by atoms with Crippen LogP contribution in [0.4, 0.5) is 5.69 Å². The zero-order valence-corrected chi connectivity index (χ0v) is 29.1. The highest BCUT2D eigenvalue weighted by Crippen LogP contribution is 2.48. The van der Waals surface area contributed by atoms with Crippen molar-refractivity contribution >= 4 is 50.9 Å². The number of carboxylic acids is 1. The summed E-state index contributed by atoms with van der Waals surface area (Å²) in [5.74, 6) is -1.58. The number of nitrogens with zero attached hydrogens (tertiary/aromatic N) is 2. The number of allylic oxidation sites excluding steroid dienone is 1. The maximum atomic E-state index is 14.1. The van der Waals surface area contributed by atoms with Crippen LogP contribution in [0.15, 0.2) is 66.2 Å². The Morgan fingerprint density at radius 3 is 2.27 bits per heavy atom. The van der Waals surface area contributed by atoms with E-state index < -0.39 is 23.4 Å². The van der Waals surface area contributed by atoms with Gasteiger partial charge in [0.25, 0.3) is 0 Å². The van der Waals surface area contributed by atoms with E-state index >= 15 is 0 Å². The fraction of sp³-hybridized carbons (Fsp3) is 0.452. The molecule has 2 N–H and O–H groups in total. The summed E-state index contributed by atoms with van der Waals surface area (Å²) >= 11 is 0. The minimum atomic E-state index is -0.933. The van der Waals surface area contributed by atoms with E-state index in [0.717, 1.165) is 85.6 Å². The largest absolute Gasteiger partial charge is 0.478 e. The molecule has 1 aliphatic carbocycles. The minimum absolute atomic E-state index is 0.0327. The Balaban J connectivity index is 1.44. The first-order chi connectivity index (χ1) is 23.3. The Kier molecular flexibility index (Phi) is 10.0. The Bertz CT molecular complexity index is 1950. The molecule has 4 aromatic rings. The number of aliphatic hydroxyl groups is 1. The van der Waals surface area contributed by atoms with Crippen molar-refractivity contribution in [1.82, 2.24) is 4.57 Å². The molecular weight excluding hydrogens is 596 g/mol. The number of aromatic carboxylic acids is 1. The lowest BCUT2D eigenvalue weighted by molar-refractivity contribution is -0.433. The highest BCUT2D eigenvalue weighted by atomic mass is 16.4.